The molecule has 2 unspecified atom stereocenters. The molecule has 0 rings (SSSR count). The van der Waals surface area contributed by atoms with Gasteiger partial charge in [0.1, 0.15) is 0 Å². The largest absolute Gasteiger partial charge is 0.509 e. The van der Waals surface area contributed by atoms with E-state index in [1.165, 1.54) is 13.8 Å². The van der Waals surface area contributed by atoms with E-state index in [0.717, 1.165) is 7.11 Å². The van der Waals surface area contributed by atoms with Crippen LogP contribution in [0.4, 0.5) is 4.79 Å². The third-order valence-corrected chi connectivity index (χ3v) is 5.10. The van der Waals surface area contributed by atoms with Crippen molar-refractivity contribution in [3.63, 3.8) is 0 Å². The molecule has 17 heavy (non-hydrogen) atoms. The highest BCUT2D eigenvalue weighted by atomic mass is 32.2. The van der Waals surface area contributed by atoms with Gasteiger partial charge in [-0.05, 0) is 13.8 Å². The summed E-state index contributed by atoms with van der Waals surface area (Å²) in [5.74, 6) is 0. The van der Waals surface area contributed by atoms with E-state index >= 15 is 0 Å². The van der Waals surface area contributed by atoms with Crippen LogP contribution in [0.5, 0.6) is 0 Å². The summed E-state index contributed by atoms with van der Waals surface area (Å²) >= 11 is 0. The van der Waals surface area contributed by atoms with Gasteiger partial charge >= 0.3 is 21.5 Å². The Bertz CT molecular complexity index is 364. The fourth-order valence-corrected chi connectivity index (χ4v) is 3.41. The third kappa shape index (κ3) is 5.49. The molecule has 8 nitrogen and oxygen atoms in total. The minimum absolute atomic E-state index is 0.0144. The molecule has 0 heterocycles. The van der Waals surface area contributed by atoms with Crippen molar-refractivity contribution in [2.24, 2.45) is 0 Å². The molecule has 10 heteroatoms. The number of hydrogen-bond donors (Lipinski definition) is 0. The van der Waals surface area contributed by atoms with Gasteiger partial charge in [0.25, 0.3) is 0 Å². The maximum absolute atomic E-state index is 11.5. The lowest BCUT2D eigenvalue weighted by Gasteiger charge is -2.15. The summed E-state index contributed by atoms with van der Waals surface area (Å²) in [4.78, 5) is 10.8. The van der Waals surface area contributed by atoms with Crippen molar-refractivity contribution in [2.45, 2.75) is 19.0 Å². The molecule has 0 amide bonds. The van der Waals surface area contributed by atoms with Gasteiger partial charge in [-0.1, -0.05) is 0 Å². The summed E-state index contributed by atoms with van der Waals surface area (Å²) in [6.07, 6.45) is -1.28. The molecular weight excluding hydrogens is 275 g/mol. The SMILES string of the molecule is CCO[PH](=O)C(OC(=O)OC)S(=O)(=O)OCC. The highest BCUT2D eigenvalue weighted by molar-refractivity contribution is 7.92. The van der Waals surface area contributed by atoms with E-state index in [4.69, 9.17) is 0 Å². The molecule has 0 aromatic rings. The minimum Gasteiger partial charge on any atom is -0.438 e. The van der Waals surface area contributed by atoms with Crippen LogP contribution in [-0.4, -0.2) is 40.1 Å². The zero-order chi connectivity index (χ0) is 13.5. The number of carbonyl (C=O) groups is 1. The lowest BCUT2D eigenvalue weighted by atomic mass is 10.9. The van der Waals surface area contributed by atoms with E-state index in [1.807, 2.05) is 0 Å². The third-order valence-electron chi connectivity index (χ3n) is 1.39. The quantitative estimate of drug-likeness (QED) is 0.387. The Balaban J connectivity index is 4.97. The Hall–Kier alpha value is -0.630. The molecule has 0 aliphatic heterocycles. The van der Waals surface area contributed by atoms with Crippen LogP contribution in [0.15, 0.2) is 0 Å². The van der Waals surface area contributed by atoms with Crippen molar-refractivity contribution in [1.82, 2.24) is 0 Å². The zero-order valence-corrected chi connectivity index (χ0v) is 11.5. The Morgan fingerprint density at radius 3 is 2.29 bits per heavy atom. The Morgan fingerprint density at radius 1 is 1.29 bits per heavy atom. The molecular formula is C7H15O8PS. The van der Waals surface area contributed by atoms with Gasteiger partial charge in [0.05, 0.1) is 20.3 Å². The average Bonchev–Trinajstić information content (AvgIpc) is 2.25. The van der Waals surface area contributed by atoms with Gasteiger partial charge in [0.15, 0.2) is 0 Å². The molecule has 0 radical (unpaired) electrons. The molecule has 0 aliphatic rings. The van der Waals surface area contributed by atoms with Crippen LogP contribution in [0.3, 0.4) is 0 Å². The summed E-state index contributed by atoms with van der Waals surface area (Å²) in [6, 6.07) is 0. The summed E-state index contributed by atoms with van der Waals surface area (Å²) in [7, 11) is -6.47. The van der Waals surface area contributed by atoms with Crippen molar-refractivity contribution >= 4 is 24.3 Å². The summed E-state index contributed by atoms with van der Waals surface area (Å²) < 4.78 is 52.0. The normalized spacial score (nSPS) is 15.0. The van der Waals surface area contributed by atoms with E-state index in [9.17, 15) is 17.8 Å². The molecule has 0 saturated heterocycles. The second-order valence-corrected chi connectivity index (χ2v) is 6.07. The zero-order valence-electron chi connectivity index (χ0n) is 9.67. The van der Waals surface area contributed by atoms with E-state index in [1.54, 1.807) is 0 Å². The fraction of sp³-hybridized carbons (Fsp3) is 0.857. The van der Waals surface area contributed by atoms with Gasteiger partial charge in [0, 0.05) is 0 Å². The Morgan fingerprint density at radius 2 is 1.88 bits per heavy atom. The van der Waals surface area contributed by atoms with Crippen molar-refractivity contribution in [2.75, 3.05) is 20.3 Å². The maximum Gasteiger partial charge on any atom is 0.509 e. The van der Waals surface area contributed by atoms with Crippen LogP contribution < -0.4 is 0 Å². The molecule has 0 aromatic heterocycles. The van der Waals surface area contributed by atoms with E-state index in [-0.39, 0.29) is 13.2 Å². The van der Waals surface area contributed by atoms with Crippen LogP contribution in [0.1, 0.15) is 13.8 Å². The first-order valence-electron chi connectivity index (χ1n) is 4.68. The number of carbonyl (C=O) groups excluding carboxylic acids is 1. The topological polar surface area (TPSA) is 105 Å². The molecule has 0 aromatic carbocycles. The first-order valence-corrected chi connectivity index (χ1v) is 7.55. The molecule has 2 atom stereocenters. The Kier molecular flexibility index (Phi) is 7.37. The lowest BCUT2D eigenvalue weighted by molar-refractivity contribution is 0.0723. The molecule has 0 fully saturated rings. The van der Waals surface area contributed by atoms with E-state index in [0.29, 0.717) is 0 Å². The van der Waals surface area contributed by atoms with Crippen LogP contribution in [0.25, 0.3) is 0 Å². The number of hydrogen-bond acceptors (Lipinski definition) is 8. The number of rotatable bonds is 7. The minimum atomic E-state index is -4.31. The van der Waals surface area contributed by atoms with Crippen LogP contribution in [0.2, 0.25) is 0 Å². The summed E-state index contributed by atoms with van der Waals surface area (Å²) in [5, 5.41) is -2.00. The molecule has 102 valence electrons. The smallest absolute Gasteiger partial charge is 0.438 e. The van der Waals surface area contributed by atoms with Crippen LogP contribution in [0, 0.1) is 0 Å². The van der Waals surface area contributed by atoms with Gasteiger partial charge in [-0.25, -0.2) is 4.79 Å². The van der Waals surface area contributed by atoms with Gasteiger partial charge in [-0.2, -0.15) is 8.42 Å². The first-order chi connectivity index (χ1) is 7.88. The van der Waals surface area contributed by atoms with Crippen molar-refractivity contribution in [3.8, 4) is 0 Å². The highest BCUT2D eigenvalue weighted by Gasteiger charge is 2.36. The standard InChI is InChI=1S/C7H15O8PS/c1-4-13-16(9)7(15-6(8)12-3)17(10,11)14-5-2/h7,16H,4-5H2,1-3H3. The van der Waals surface area contributed by atoms with Crippen molar-refractivity contribution in [3.05, 3.63) is 0 Å². The van der Waals surface area contributed by atoms with Gasteiger partial charge in [0.2, 0.25) is 8.03 Å². The van der Waals surface area contributed by atoms with Gasteiger partial charge < -0.3 is 14.0 Å². The highest BCUT2D eigenvalue weighted by Crippen LogP contribution is 2.35. The molecule has 0 spiro atoms. The fourth-order valence-electron chi connectivity index (χ4n) is 0.797. The molecule has 0 saturated carbocycles. The second kappa shape index (κ2) is 7.65. The molecule has 0 bridgehead atoms. The van der Waals surface area contributed by atoms with Crippen LogP contribution >= 0.6 is 8.03 Å². The van der Waals surface area contributed by atoms with Gasteiger partial charge in [-0.15, -0.1) is 0 Å². The summed E-state index contributed by atoms with van der Waals surface area (Å²) in [5.41, 5.74) is 0. The Labute approximate surface area is 100 Å². The predicted molar refractivity (Wildman–Crippen MR) is 58.5 cm³/mol. The predicted octanol–water partition coefficient (Wildman–Crippen LogP) is 0.931. The summed E-state index contributed by atoms with van der Waals surface area (Å²) in [6.45, 7) is 2.78. The lowest BCUT2D eigenvalue weighted by Crippen LogP contribution is -2.26. The first kappa shape index (κ1) is 16.4. The second-order valence-electron chi connectivity index (χ2n) is 2.56. The monoisotopic (exact) mass is 290 g/mol. The number of methoxy groups -OCH3 is 1. The average molecular weight is 290 g/mol. The van der Waals surface area contributed by atoms with Gasteiger partial charge in [-0.3, -0.25) is 8.75 Å². The van der Waals surface area contributed by atoms with E-state index < -0.39 is 29.5 Å². The van der Waals surface area contributed by atoms with E-state index in [2.05, 4.69) is 18.2 Å². The number of ether oxygens (including phenoxy) is 2. The van der Waals surface area contributed by atoms with Crippen LogP contribution in [-0.2, 0) is 32.9 Å². The molecule has 0 N–H and O–H groups in total. The maximum atomic E-state index is 11.5. The van der Waals surface area contributed by atoms with Crippen molar-refractivity contribution < 1.29 is 36.0 Å². The molecule has 0 aliphatic carbocycles. The van der Waals surface area contributed by atoms with Crippen molar-refractivity contribution in [1.29, 1.82) is 0 Å².